The average Bonchev–Trinajstić information content (AvgIpc) is 2.72. The van der Waals surface area contributed by atoms with E-state index in [1.807, 2.05) is 13.8 Å². The van der Waals surface area contributed by atoms with Crippen molar-refractivity contribution in [3.05, 3.63) is 22.3 Å². The van der Waals surface area contributed by atoms with Gasteiger partial charge in [-0.1, -0.05) is 33.1 Å². The van der Waals surface area contributed by atoms with E-state index in [0.29, 0.717) is 17.6 Å². The highest BCUT2D eigenvalue weighted by atomic mass is 79.9. The minimum Gasteiger partial charge on any atom is -0.400 e. The molecule has 0 radical (unpaired) electrons. The molecule has 1 aliphatic carbocycles. The third-order valence-corrected chi connectivity index (χ3v) is 5.40. The molecule has 1 saturated carbocycles. The quantitative estimate of drug-likeness (QED) is 0.663. The number of piperidine rings is 1. The summed E-state index contributed by atoms with van der Waals surface area (Å²) in [5, 5.41) is 10.8. The lowest BCUT2D eigenvalue weighted by Crippen LogP contribution is -2.47. The van der Waals surface area contributed by atoms with Crippen LogP contribution in [-0.4, -0.2) is 48.3 Å². The summed E-state index contributed by atoms with van der Waals surface area (Å²) < 4.78 is 0.781. The van der Waals surface area contributed by atoms with Gasteiger partial charge in [0.15, 0.2) is 0 Å². The number of hydrogen-bond acceptors (Lipinski definition) is 5. The molecule has 27 heavy (non-hydrogen) atoms. The summed E-state index contributed by atoms with van der Waals surface area (Å²) in [5.41, 5.74) is 6.00. The second-order valence-electron chi connectivity index (χ2n) is 6.65. The zero-order chi connectivity index (χ0) is 20.2. The molecular formula is C20H35BrN4O2. The zero-order valence-electron chi connectivity index (χ0n) is 16.9. The highest BCUT2D eigenvalue weighted by molar-refractivity contribution is 9.10. The number of amides is 1. The summed E-state index contributed by atoms with van der Waals surface area (Å²) in [5.74, 6) is 0.299. The van der Waals surface area contributed by atoms with E-state index in [1.165, 1.54) is 32.1 Å². The van der Waals surface area contributed by atoms with Crippen LogP contribution in [0.5, 0.6) is 0 Å². The SMILES string of the molecule is CC.CO.NC(=O)c1cc(Br)cnc1N1CCC(NC2CCCCC2)CC1. The van der Waals surface area contributed by atoms with Gasteiger partial charge in [0, 0.05) is 43.0 Å². The Kier molecular flexibility index (Phi) is 11.6. The number of carbonyl (C=O) groups is 1. The molecule has 0 spiro atoms. The van der Waals surface area contributed by atoms with Crippen LogP contribution in [0.25, 0.3) is 0 Å². The summed E-state index contributed by atoms with van der Waals surface area (Å²) in [7, 11) is 1.00. The molecule has 0 aromatic carbocycles. The van der Waals surface area contributed by atoms with Gasteiger partial charge in [-0.05, 0) is 47.7 Å². The number of halogens is 1. The number of aromatic nitrogens is 1. The maximum absolute atomic E-state index is 11.7. The number of aliphatic hydroxyl groups excluding tert-OH is 1. The lowest BCUT2D eigenvalue weighted by atomic mass is 9.93. The molecule has 1 aliphatic heterocycles. The number of aliphatic hydroxyl groups is 1. The van der Waals surface area contributed by atoms with E-state index < -0.39 is 5.91 Å². The Morgan fingerprint density at radius 3 is 2.26 bits per heavy atom. The van der Waals surface area contributed by atoms with Crippen LogP contribution < -0.4 is 16.0 Å². The third kappa shape index (κ3) is 7.39. The van der Waals surface area contributed by atoms with Crippen molar-refractivity contribution in [3.63, 3.8) is 0 Å². The average molecular weight is 443 g/mol. The van der Waals surface area contributed by atoms with Gasteiger partial charge in [-0.15, -0.1) is 0 Å². The van der Waals surface area contributed by atoms with E-state index in [0.717, 1.165) is 43.3 Å². The largest absolute Gasteiger partial charge is 0.400 e. The minimum atomic E-state index is -0.420. The van der Waals surface area contributed by atoms with E-state index in [9.17, 15) is 4.79 Å². The number of hydrogen-bond donors (Lipinski definition) is 3. The monoisotopic (exact) mass is 442 g/mol. The van der Waals surface area contributed by atoms with E-state index in [1.54, 1.807) is 12.3 Å². The molecule has 1 amide bonds. The van der Waals surface area contributed by atoms with Crippen LogP contribution in [0.15, 0.2) is 16.7 Å². The summed E-state index contributed by atoms with van der Waals surface area (Å²) in [6.45, 7) is 5.83. The Labute approximate surface area is 172 Å². The van der Waals surface area contributed by atoms with Crippen molar-refractivity contribution in [2.45, 2.75) is 70.9 Å². The lowest BCUT2D eigenvalue weighted by Gasteiger charge is -2.36. The van der Waals surface area contributed by atoms with Crippen molar-refractivity contribution in [1.29, 1.82) is 0 Å². The number of pyridine rings is 1. The molecule has 0 atom stereocenters. The van der Waals surface area contributed by atoms with Gasteiger partial charge in [0.1, 0.15) is 5.82 Å². The van der Waals surface area contributed by atoms with Crippen molar-refractivity contribution >= 4 is 27.7 Å². The number of anilines is 1. The fraction of sp³-hybridized carbons (Fsp3) is 0.700. The molecule has 0 unspecified atom stereocenters. The van der Waals surface area contributed by atoms with E-state index in [4.69, 9.17) is 10.8 Å². The fourth-order valence-electron chi connectivity index (χ4n) is 3.73. The van der Waals surface area contributed by atoms with Gasteiger partial charge in [-0.25, -0.2) is 4.98 Å². The summed E-state index contributed by atoms with van der Waals surface area (Å²) in [4.78, 5) is 18.3. The summed E-state index contributed by atoms with van der Waals surface area (Å²) in [6.07, 6.45) is 10.7. The molecule has 1 saturated heterocycles. The molecule has 2 fully saturated rings. The van der Waals surface area contributed by atoms with Crippen molar-refractivity contribution in [2.24, 2.45) is 5.73 Å². The Morgan fingerprint density at radius 1 is 1.15 bits per heavy atom. The Balaban J connectivity index is 0.000000855. The predicted molar refractivity (Wildman–Crippen MR) is 115 cm³/mol. The maximum Gasteiger partial charge on any atom is 0.252 e. The van der Waals surface area contributed by atoms with Gasteiger partial charge in [0.25, 0.3) is 5.91 Å². The number of rotatable bonds is 4. The topological polar surface area (TPSA) is 91.5 Å². The van der Waals surface area contributed by atoms with Crippen molar-refractivity contribution in [2.75, 3.05) is 25.1 Å². The Bertz CT molecular complexity index is 557. The summed E-state index contributed by atoms with van der Waals surface area (Å²) in [6, 6.07) is 3.05. The van der Waals surface area contributed by atoms with E-state index >= 15 is 0 Å². The van der Waals surface area contributed by atoms with Gasteiger partial charge >= 0.3 is 0 Å². The molecule has 4 N–H and O–H groups in total. The molecule has 1 aromatic heterocycles. The molecule has 6 nitrogen and oxygen atoms in total. The standard InChI is InChI=1S/C17H25BrN4O.C2H6.CH4O/c18-12-10-15(16(19)23)17(20-11-12)22-8-6-14(7-9-22)21-13-4-2-1-3-5-13;2*1-2/h10-11,13-14,21H,1-9H2,(H2,19,23);1-2H3;2H,1H3. The molecule has 2 heterocycles. The number of carbonyl (C=O) groups excluding carboxylic acids is 1. The molecular weight excluding hydrogens is 408 g/mol. The van der Waals surface area contributed by atoms with Gasteiger partial charge in [0.2, 0.25) is 0 Å². The number of nitrogens with zero attached hydrogens (tertiary/aromatic N) is 2. The first-order valence-electron chi connectivity index (χ1n) is 10.0. The van der Waals surface area contributed by atoms with Crippen LogP contribution in [0.4, 0.5) is 5.82 Å². The first-order valence-corrected chi connectivity index (χ1v) is 10.8. The Hall–Kier alpha value is -1.18. The van der Waals surface area contributed by atoms with Crippen LogP contribution in [-0.2, 0) is 0 Å². The smallest absolute Gasteiger partial charge is 0.252 e. The van der Waals surface area contributed by atoms with Crippen LogP contribution in [0.1, 0.15) is 69.2 Å². The van der Waals surface area contributed by atoms with Crippen molar-refractivity contribution in [3.8, 4) is 0 Å². The molecule has 3 rings (SSSR count). The second kappa shape index (κ2) is 13.1. The summed E-state index contributed by atoms with van der Waals surface area (Å²) >= 11 is 3.35. The highest BCUT2D eigenvalue weighted by Crippen LogP contribution is 2.25. The molecule has 0 bridgehead atoms. The predicted octanol–water partition coefficient (Wildman–Crippen LogP) is 3.47. The molecule has 7 heteroatoms. The maximum atomic E-state index is 11.7. The lowest BCUT2D eigenvalue weighted by molar-refractivity contribution is 0.100. The number of nitrogens with one attached hydrogen (secondary N) is 1. The van der Waals surface area contributed by atoms with Crippen LogP contribution >= 0.6 is 15.9 Å². The van der Waals surface area contributed by atoms with Gasteiger partial charge in [0.05, 0.1) is 5.56 Å². The normalized spacial score (nSPS) is 18.0. The first kappa shape index (κ1) is 23.9. The first-order chi connectivity index (χ1) is 13.1. The van der Waals surface area contributed by atoms with E-state index in [2.05, 4.69) is 31.1 Å². The second-order valence-corrected chi connectivity index (χ2v) is 7.57. The number of nitrogens with two attached hydrogens (primary N) is 1. The van der Waals surface area contributed by atoms with Crippen molar-refractivity contribution < 1.29 is 9.90 Å². The van der Waals surface area contributed by atoms with Crippen LogP contribution in [0.3, 0.4) is 0 Å². The Morgan fingerprint density at radius 2 is 1.70 bits per heavy atom. The molecule has 1 aromatic rings. The zero-order valence-corrected chi connectivity index (χ0v) is 18.5. The fourth-order valence-corrected chi connectivity index (χ4v) is 4.06. The van der Waals surface area contributed by atoms with Crippen molar-refractivity contribution in [1.82, 2.24) is 10.3 Å². The highest BCUT2D eigenvalue weighted by Gasteiger charge is 2.25. The minimum absolute atomic E-state index is 0.420. The molecule has 154 valence electrons. The van der Waals surface area contributed by atoms with Gasteiger partial charge in [-0.2, -0.15) is 0 Å². The van der Waals surface area contributed by atoms with E-state index in [-0.39, 0.29) is 0 Å². The van der Waals surface area contributed by atoms with Crippen LogP contribution in [0, 0.1) is 0 Å². The van der Waals surface area contributed by atoms with Gasteiger partial charge in [-0.3, -0.25) is 4.79 Å². The number of primary amides is 1. The third-order valence-electron chi connectivity index (χ3n) is 4.97. The molecule has 2 aliphatic rings. The van der Waals surface area contributed by atoms with Crippen LogP contribution in [0.2, 0.25) is 0 Å². The van der Waals surface area contributed by atoms with Gasteiger partial charge < -0.3 is 21.1 Å².